The summed E-state index contributed by atoms with van der Waals surface area (Å²) in [5, 5.41) is 0. The molecule has 8 aliphatic heterocycles. The van der Waals surface area contributed by atoms with Gasteiger partial charge in [-0.3, -0.25) is 19.2 Å². The standard InChI is InChI=1S/C60H62N4O14.C52H50N4O10/c1-9-26-75-59(67)63-47-33-53(51(71-5)31-45(47)55(65)61-24-22-41(29-49(61)57(63)73-7)39-14-18-43(69-3)19-15-39)77-35-37-12-11-13-38(28-37)36-78-54-34-48-46(32-52(54)72-6)56(66)62-25-23-42(40-16-20-44(70-4)21-17-40)30-50(62)58(74-8)64(48)60(68)76-27-10-2;1-59-37-14-10-33(11-15-37)35-18-20-55-43(23-35)49(63-5)53-41-27-47(45(61-3)25-39(41)51(55)57)65-29-31-8-7-9-32(22-31)30-66-48-28-42-40(26-46(48)62-4)52(58)56-21-19-36(24-44(56)50(54-42)64-6)34-12-16-38(60-2)17-13-34/h9-21,28-34,49-50,57-58H,1-2,22-27,35-36H2,3-8H3;7-17,22-28,43-44H,18-21,29-30H2,1-6H3/t49-,50-,57?,58?;43-,44-/m00/s1. The third-order valence-corrected chi connectivity index (χ3v) is 26.4. The number of amides is 6. The van der Waals surface area contributed by atoms with Crippen molar-refractivity contribution in [2.45, 2.75) is 88.7 Å². The van der Waals surface area contributed by atoms with Gasteiger partial charge in [-0.25, -0.2) is 29.4 Å². The first-order chi connectivity index (χ1) is 70.2. The largest absolute Gasteiger partial charge is 0.497 e. The van der Waals surface area contributed by atoms with E-state index in [-0.39, 0.29) is 109 Å². The Morgan fingerprint density at radius 3 is 0.896 bits per heavy atom. The van der Waals surface area contributed by atoms with E-state index in [2.05, 4.69) is 13.2 Å². The number of carbonyl (C=O) groups excluding carboxylic acids is 6. The summed E-state index contributed by atoms with van der Waals surface area (Å²) in [7, 11) is 18.6. The van der Waals surface area contributed by atoms with Crippen LogP contribution in [0.3, 0.4) is 0 Å². The Kier molecular flexibility index (Phi) is 30.7. The molecule has 10 aromatic rings. The van der Waals surface area contributed by atoms with E-state index in [4.69, 9.17) is 95.2 Å². The molecule has 0 bridgehead atoms. The lowest BCUT2D eigenvalue weighted by Gasteiger charge is -2.39. The molecular formula is C112H112N8O24. The Morgan fingerprint density at radius 1 is 0.326 bits per heavy atom. The van der Waals surface area contributed by atoms with Crippen molar-refractivity contribution in [3.8, 4) is 69.0 Å². The van der Waals surface area contributed by atoms with Crippen molar-refractivity contribution in [3.63, 3.8) is 0 Å². The Bertz CT molecular complexity index is 6340. The average molecular weight is 1950 g/mol. The molecule has 0 fully saturated rings. The normalized spacial score (nSPS) is 18.1. The van der Waals surface area contributed by atoms with Crippen LogP contribution in [0, 0.1) is 0 Å². The molecule has 6 atom stereocenters. The first-order valence-electron chi connectivity index (χ1n) is 46.8. The van der Waals surface area contributed by atoms with Crippen LogP contribution in [-0.2, 0) is 54.8 Å². The quantitative estimate of drug-likeness (QED) is 0.0378. The molecule has 0 radical (unpaired) electrons. The maximum Gasteiger partial charge on any atom is 0.416 e. The van der Waals surface area contributed by atoms with Gasteiger partial charge in [0.2, 0.25) is 11.8 Å². The Labute approximate surface area is 834 Å². The minimum absolute atomic E-state index is 0.0328. The van der Waals surface area contributed by atoms with Crippen molar-refractivity contribution in [1.29, 1.82) is 0 Å². The lowest BCUT2D eigenvalue weighted by atomic mass is 9.94. The molecule has 0 aliphatic carbocycles. The molecule has 0 aromatic heterocycles. The number of aliphatic imine (C=N–C) groups is 2. The van der Waals surface area contributed by atoms with Gasteiger partial charge < -0.3 is 105 Å². The molecule has 32 heteroatoms. The molecule has 10 aromatic carbocycles. The number of benzene rings is 10. The second-order valence-corrected chi connectivity index (χ2v) is 34.5. The van der Waals surface area contributed by atoms with Crippen LogP contribution < -0.4 is 66.6 Å². The SMILES string of the molecule is C=CCOC(=O)N1c2cc(OCc3cccc(COc4cc5c(cc4OC)C(=O)N4CCC(c6ccc(OC)cc6)=C[C@H]4C(OC)N5C(=O)OCC=C)c3)c(OC)cc2C(=O)N2CCC(c3ccc(OC)cc3)=C[C@H]2C1OC.COC1=Nc2cc(OCc3cccc(COc4cc5c(cc4OC)C(=O)N4CCC(c6ccc(OC)cc6)=C[C@H]4C(OC)=N5)c3)c(OC)cc2C(=O)N2CCC(c3ccc(OC)cc3)=C[C@@H]12. The number of nitrogens with zero attached hydrogens (tertiary/aromatic N) is 8. The van der Waals surface area contributed by atoms with E-state index in [0.29, 0.717) is 121 Å². The number of hydrogen-bond acceptors (Lipinski definition) is 26. The molecular weight excluding hydrogens is 1840 g/mol. The van der Waals surface area contributed by atoms with E-state index in [0.717, 1.165) is 78.3 Å². The number of fused-ring (bicyclic) bond motifs is 8. The van der Waals surface area contributed by atoms with Crippen LogP contribution in [-0.4, -0.2) is 229 Å². The van der Waals surface area contributed by atoms with Crippen LogP contribution in [0.15, 0.2) is 254 Å². The van der Waals surface area contributed by atoms with Gasteiger partial charge in [-0.1, -0.05) is 122 Å². The second kappa shape index (κ2) is 44.6. The summed E-state index contributed by atoms with van der Waals surface area (Å²) < 4.78 is 105. The van der Waals surface area contributed by atoms with Crippen LogP contribution in [0.4, 0.5) is 32.3 Å². The lowest BCUT2D eigenvalue weighted by Crippen LogP contribution is -2.55. The molecule has 0 saturated carbocycles. The summed E-state index contributed by atoms with van der Waals surface area (Å²) in [5.74, 6) is 5.41. The summed E-state index contributed by atoms with van der Waals surface area (Å²) in [4.78, 5) is 105. The molecule has 18 rings (SSSR count). The van der Waals surface area contributed by atoms with Gasteiger partial charge in [0.25, 0.3) is 23.6 Å². The molecule has 32 nitrogen and oxygen atoms in total. The van der Waals surface area contributed by atoms with Crippen molar-refractivity contribution in [2.24, 2.45) is 9.98 Å². The van der Waals surface area contributed by atoms with E-state index >= 15 is 0 Å². The molecule has 0 N–H and O–H groups in total. The van der Waals surface area contributed by atoms with Crippen molar-refractivity contribution in [2.75, 3.05) is 135 Å². The third kappa shape index (κ3) is 20.6. The van der Waals surface area contributed by atoms with Crippen LogP contribution in [0.25, 0.3) is 22.3 Å². The van der Waals surface area contributed by atoms with E-state index in [9.17, 15) is 28.8 Å². The van der Waals surface area contributed by atoms with Crippen molar-refractivity contribution in [3.05, 3.63) is 310 Å². The minimum atomic E-state index is -1.01. The van der Waals surface area contributed by atoms with Gasteiger partial charge in [0, 0.05) is 64.7 Å². The third-order valence-electron chi connectivity index (χ3n) is 26.4. The molecule has 0 saturated heterocycles. The van der Waals surface area contributed by atoms with E-state index < -0.39 is 48.8 Å². The van der Waals surface area contributed by atoms with Crippen LogP contribution in [0.1, 0.15) is 112 Å². The predicted molar refractivity (Wildman–Crippen MR) is 542 cm³/mol. The molecule has 8 heterocycles. The Hall–Kier alpha value is -16.5. The predicted octanol–water partition coefficient (Wildman–Crippen LogP) is 18.6. The maximum absolute atomic E-state index is 14.6. The maximum atomic E-state index is 14.6. The molecule has 744 valence electrons. The van der Waals surface area contributed by atoms with Gasteiger partial charge in [-0.15, -0.1) is 0 Å². The molecule has 144 heavy (non-hydrogen) atoms. The zero-order chi connectivity index (χ0) is 101. The fourth-order valence-corrected chi connectivity index (χ4v) is 19.0. The first-order valence-corrected chi connectivity index (χ1v) is 46.8. The van der Waals surface area contributed by atoms with Gasteiger partial charge in [0.1, 0.15) is 74.7 Å². The molecule has 8 aliphatic rings. The fourth-order valence-electron chi connectivity index (χ4n) is 19.0. The lowest BCUT2D eigenvalue weighted by molar-refractivity contribution is 0.0274. The number of rotatable bonds is 30. The molecule has 6 amide bonds. The summed E-state index contributed by atoms with van der Waals surface area (Å²) in [6.07, 6.45) is 9.83. The first kappa shape index (κ1) is 99.1. The highest BCUT2D eigenvalue weighted by atomic mass is 16.6. The van der Waals surface area contributed by atoms with Crippen LogP contribution in [0.5, 0.6) is 69.0 Å². The highest BCUT2D eigenvalue weighted by Gasteiger charge is 2.49. The molecule has 2 unspecified atom stereocenters. The van der Waals surface area contributed by atoms with Crippen molar-refractivity contribution >= 4 is 92.7 Å². The molecule has 0 spiro atoms. The topological polar surface area (TPSA) is 313 Å². The zero-order valence-electron chi connectivity index (χ0n) is 82.1. The van der Waals surface area contributed by atoms with Crippen molar-refractivity contribution in [1.82, 2.24) is 19.6 Å². The van der Waals surface area contributed by atoms with Gasteiger partial charge in [-0.05, 0) is 190 Å². The average Bonchev–Trinajstić information content (AvgIpc) is 1.60. The van der Waals surface area contributed by atoms with Crippen LogP contribution in [0.2, 0.25) is 0 Å². The summed E-state index contributed by atoms with van der Waals surface area (Å²) >= 11 is 0. The van der Waals surface area contributed by atoms with Gasteiger partial charge in [0.15, 0.2) is 58.5 Å². The number of anilines is 2. The van der Waals surface area contributed by atoms with Gasteiger partial charge in [0.05, 0.1) is 128 Å². The summed E-state index contributed by atoms with van der Waals surface area (Å²) in [5.41, 5.74) is 13.8. The van der Waals surface area contributed by atoms with Crippen molar-refractivity contribution < 1.29 is 114 Å². The van der Waals surface area contributed by atoms with Gasteiger partial charge >= 0.3 is 12.2 Å². The van der Waals surface area contributed by atoms with Gasteiger partial charge in [-0.2, -0.15) is 0 Å². The van der Waals surface area contributed by atoms with Crippen LogP contribution >= 0.6 is 0 Å². The summed E-state index contributed by atoms with van der Waals surface area (Å²) in [6, 6.07) is 57.1. The Morgan fingerprint density at radius 2 is 0.611 bits per heavy atom. The smallest absolute Gasteiger partial charge is 0.416 e. The van der Waals surface area contributed by atoms with E-state index in [1.54, 1.807) is 125 Å². The van der Waals surface area contributed by atoms with E-state index in [1.807, 2.05) is 170 Å². The highest BCUT2D eigenvalue weighted by Crippen LogP contribution is 2.49. The monoisotopic (exact) mass is 1950 g/mol. The summed E-state index contributed by atoms with van der Waals surface area (Å²) in [6.45, 7) is 9.34. The number of hydrogen-bond donors (Lipinski definition) is 0. The Balaban J connectivity index is 0.000000200. The fraction of sp³-hybridized carbons (Fsp3) is 0.286. The van der Waals surface area contributed by atoms with E-state index in [1.165, 1.54) is 50.4 Å². The number of ether oxygens (including phenoxy) is 18. The minimum Gasteiger partial charge on any atom is -0.497 e. The number of methoxy groups -OCH3 is 12. The zero-order valence-corrected chi connectivity index (χ0v) is 82.1. The highest BCUT2D eigenvalue weighted by molar-refractivity contribution is 6.10. The number of carbonyl (C=O) groups is 6. The second-order valence-electron chi connectivity index (χ2n) is 34.5.